The lowest BCUT2D eigenvalue weighted by Crippen LogP contribution is -2.84. The van der Waals surface area contributed by atoms with Crippen LogP contribution in [0.2, 0.25) is 0 Å². The number of likely N-dealkylation sites (N-methyl/N-ethyl adjacent to an activating group) is 1. The minimum Gasteiger partial charge on any atom is -0.507 e. The Kier molecular flexibility index (Phi) is 7.69. The Labute approximate surface area is 255 Å². The van der Waals surface area contributed by atoms with Crippen LogP contribution in [0.5, 0.6) is 5.75 Å². The number of fused-ring (bicyclic) bond motifs is 3. The van der Waals surface area contributed by atoms with Crippen molar-refractivity contribution in [2.24, 2.45) is 28.4 Å². The van der Waals surface area contributed by atoms with Gasteiger partial charge in [0.1, 0.15) is 5.75 Å². The molecule has 234 valence electrons. The summed E-state index contributed by atoms with van der Waals surface area (Å²) in [7, 11) is 2.93. The standard InChI is InChI=1S/C33H39N3O8/c1-16-19-12-11-18(15-35-14-13-17-9-7-6-8-10-17)23(37)20(19)24(38)22-28(41)33(44)27(40)21(29(34)42)25(39)26(36(4)5)32(33,3)30(43)31(16,22)2/h6-12,16,21-22,26,30,35,37,43-44H,13-15H2,1-5H3,(H2,34,42)/t16-,21?,22?,26+,30-,31+,32+,33+/m0/s1. The zero-order valence-corrected chi connectivity index (χ0v) is 25.5. The van der Waals surface area contributed by atoms with E-state index in [4.69, 9.17) is 5.73 Å². The van der Waals surface area contributed by atoms with Crippen LogP contribution >= 0.6 is 0 Å². The maximum absolute atomic E-state index is 14.5. The van der Waals surface area contributed by atoms with E-state index in [1.54, 1.807) is 19.1 Å². The fourth-order valence-electron chi connectivity index (χ4n) is 8.23. The van der Waals surface area contributed by atoms with Crippen LogP contribution in [-0.4, -0.2) is 87.6 Å². The lowest BCUT2D eigenvalue weighted by Gasteiger charge is -2.65. The molecule has 2 aromatic carbocycles. The number of aromatic hydroxyl groups is 1. The largest absolute Gasteiger partial charge is 0.507 e. The summed E-state index contributed by atoms with van der Waals surface area (Å²) in [6.45, 7) is 5.30. The number of Topliss-reactive ketones (excluding diaryl/α,β-unsaturated/α-hetero) is 4. The van der Waals surface area contributed by atoms with E-state index in [0.717, 1.165) is 12.0 Å². The van der Waals surface area contributed by atoms with Gasteiger partial charge in [-0.2, -0.15) is 0 Å². The molecule has 2 fully saturated rings. The number of primary amides is 1. The zero-order valence-electron chi connectivity index (χ0n) is 25.5. The van der Waals surface area contributed by atoms with Crippen molar-refractivity contribution in [3.05, 3.63) is 64.7 Å². The topological polar surface area (TPSA) is 187 Å². The fraction of sp³-hybridized carbons (Fsp3) is 0.485. The molecule has 2 aromatic rings. The number of rotatable bonds is 7. The molecular weight excluding hydrogens is 566 g/mol. The first-order valence-corrected chi connectivity index (χ1v) is 14.7. The first kappa shape index (κ1) is 31.6. The van der Waals surface area contributed by atoms with Crippen LogP contribution in [0.3, 0.4) is 0 Å². The molecule has 0 radical (unpaired) electrons. The zero-order chi connectivity index (χ0) is 32.5. The van der Waals surface area contributed by atoms with Gasteiger partial charge >= 0.3 is 0 Å². The van der Waals surface area contributed by atoms with E-state index in [1.165, 1.54) is 32.8 Å². The summed E-state index contributed by atoms with van der Waals surface area (Å²) in [4.78, 5) is 69.7. The van der Waals surface area contributed by atoms with Crippen molar-refractivity contribution >= 4 is 29.0 Å². The molecule has 3 aliphatic rings. The molecule has 2 unspecified atom stereocenters. The quantitative estimate of drug-likeness (QED) is 0.220. The van der Waals surface area contributed by atoms with Gasteiger partial charge < -0.3 is 26.4 Å². The van der Waals surface area contributed by atoms with Crippen molar-refractivity contribution in [2.45, 2.75) is 57.4 Å². The Hall–Kier alpha value is -3.77. The Balaban J connectivity index is 1.58. The Morgan fingerprint density at radius 1 is 1.02 bits per heavy atom. The van der Waals surface area contributed by atoms with Gasteiger partial charge in [0.25, 0.3) is 0 Å². The summed E-state index contributed by atoms with van der Waals surface area (Å²) in [6, 6.07) is 11.7. The van der Waals surface area contributed by atoms with Crippen LogP contribution in [0.4, 0.5) is 0 Å². The van der Waals surface area contributed by atoms with E-state index in [9.17, 15) is 39.3 Å². The van der Waals surface area contributed by atoms with E-state index >= 15 is 0 Å². The third-order valence-electron chi connectivity index (χ3n) is 10.7. The summed E-state index contributed by atoms with van der Waals surface area (Å²) in [6.07, 6.45) is -1.02. The number of hydrogen-bond donors (Lipinski definition) is 5. The number of aliphatic hydroxyl groups is 2. The number of phenolic OH excluding ortho intramolecular Hbond substituents is 1. The second-order valence-electron chi connectivity index (χ2n) is 13.1. The second-order valence-corrected chi connectivity index (χ2v) is 13.1. The number of nitrogens with one attached hydrogen (secondary N) is 1. The monoisotopic (exact) mass is 605 g/mol. The van der Waals surface area contributed by atoms with Crippen LogP contribution < -0.4 is 11.1 Å². The molecule has 8 atom stereocenters. The maximum Gasteiger partial charge on any atom is 0.235 e. The van der Waals surface area contributed by atoms with Crippen LogP contribution in [0.25, 0.3) is 0 Å². The molecule has 0 bridgehead atoms. The smallest absolute Gasteiger partial charge is 0.235 e. The van der Waals surface area contributed by atoms with Crippen molar-refractivity contribution < 1.29 is 39.3 Å². The molecule has 0 spiro atoms. The number of amides is 1. The Morgan fingerprint density at radius 3 is 2.25 bits per heavy atom. The lowest BCUT2D eigenvalue weighted by atomic mass is 9.39. The number of nitrogens with two attached hydrogens (primary N) is 1. The van der Waals surface area contributed by atoms with Gasteiger partial charge in [0.15, 0.2) is 34.7 Å². The normalized spacial score (nSPS) is 34.9. The highest BCUT2D eigenvalue weighted by Gasteiger charge is 2.81. The third kappa shape index (κ3) is 3.99. The Bertz CT molecular complexity index is 1570. The van der Waals surface area contributed by atoms with E-state index in [2.05, 4.69) is 5.32 Å². The van der Waals surface area contributed by atoms with Crippen LogP contribution in [-0.2, 0) is 32.1 Å². The van der Waals surface area contributed by atoms with E-state index in [1.807, 2.05) is 30.3 Å². The van der Waals surface area contributed by atoms with Crippen molar-refractivity contribution in [1.82, 2.24) is 10.2 Å². The maximum atomic E-state index is 14.5. The number of benzene rings is 2. The van der Waals surface area contributed by atoms with Gasteiger partial charge in [-0.05, 0) is 44.1 Å². The molecule has 0 saturated heterocycles. The van der Waals surface area contributed by atoms with Crippen molar-refractivity contribution in [3.8, 4) is 5.75 Å². The van der Waals surface area contributed by atoms with E-state index < -0.39 is 75.4 Å². The van der Waals surface area contributed by atoms with Gasteiger partial charge in [-0.3, -0.25) is 28.9 Å². The predicted molar refractivity (Wildman–Crippen MR) is 159 cm³/mol. The predicted octanol–water partition coefficient (Wildman–Crippen LogP) is 0.511. The summed E-state index contributed by atoms with van der Waals surface area (Å²) in [5.74, 6) is -10.8. The molecular formula is C33H39N3O8. The molecule has 5 rings (SSSR count). The van der Waals surface area contributed by atoms with E-state index in [0.29, 0.717) is 17.7 Å². The third-order valence-corrected chi connectivity index (χ3v) is 10.7. The summed E-state index contributed by atoms with van der Waals surface area (Å²) >= 11 is 0. The molecule has 11 heteroatoms. The number of aliphatic hydroxyl groups excluding tert-OH is 1. The van der Waals surface area contributed by atoms with Gasteiger partial charge in [0.05, 0.1) is 29.0 Å². The molecule has 2 saturated carbocycles. The summed E-state index contributed by atoms with van der Waals surface area (Å²) < 4.78 is 0. The van der Waals surface area contributed by atoms with Gasteiger partial charge in [-0.15, -0.1) is 0 Å². The highest BCUT2D eigenvalue weighted by molar-refractivity contribution is 6.33. The molecule has 1 amide bonds. The fourth-order valence-corrected chi connectivity index (χ4v) is 8.23. The molecule has 44 heavy (non-hydrogen) atoms. The van der Waals surface area contributed by atoms with E-state index in [-0.39, 0.29) is 17.9 Å². The number of carbonyl (C=O) groups excluding carboxylic acids is 5. The highest BCUT2D eigenvalue weighted by Crippen LogP contribution is 2.65. The van der Waals surface area contributed by atoms with Crippen LogP contribution in [0.1, 0.15) is 53.7 Å². The molecule has 11 nitrogen and oxygen atoms in total. The first-order valence-electron chi connectivity index (χ1n) is 14.7. The van der Waals surface area contributed by atoms with Gasteiger partial charge in [-0.1, -0.05) is 63.2 Å². The molecule has 0 aromatic heterocycles. The molecule has 6 N–H and O–H groups in total. The van der Waals surface area contributed by atoms with Gasteiger partial charge in [0.2, 0.25) is 5.91 Å². The van der Waals surface area contributed by atoms with Gasteiger partial charge in [0, 0.05) is 17.5 Å². The number of ketones is 4. The molecule has 0 aliphatic heterocycles. The van der Waals surface area contributed by atoms with Crippen LogP contribution in [0.15, 0.2) is 42.5 Å². The minimum absolute atomic E-state index is 0.120. The summed E-state index contributed by atoms with van der Waals surface area (Å²) in [5.41, 5.74) is 0.389. The average molecular weight is 606 g/mol. The second kappa shape index (κ2) is 10.7. The minimum atomic E-state index is -3.10. The number of phenols is 1. The van der Waals surface area contributed by atoms with Crippen molar-refractivity contribution in [3.63, 3.8) is 0 Å². The average Bonchev–Trinajstić information content (AvgIpc) is 2.96. The number of carbonyl (C=O) groups is 5. The van der Waals surface area contributed by atoms with Gasteiger partial charge in [-0.25, -0.2) is 0 Å². The van der Waals surface area contributed by atoms with Crippen LogP contribution in [0, 0.1) is 22.7 Å². The highest BCUT2D eigenvalue weighted by atomic mass is 16.3. The molecule has 0 heterocycles. The Morgan fingerprint density at radius 2 is 1.66 bits per heavy atom. The van der Waals surface area contributed by atoms with Crippen molar-refractivity contribution in [2.75, 3.05) is 20.6 Å². The number of nitrogens with zero attached hydrogens (tertiary/aromatic N) is 1. The number of hydrogen-bond acceptors (Lipinski definition) is 10. The van der Waals surface area contributed by atoms with Crippen molar-refractivity contribution in [1.29, 1.82) is 0 Å². The first-order chi connectivity index (χ1) is 20.6. The SMILES string of the molecule is C[C@H]1c2ccc(CNCCc3ccccc3)c(O)c2C(=O)C2C(=O)[C@]3(O)C(=O)C(C(N)=O)C(=O)[C@@H](N(C)C)[C@]3(C)[C@@H](O)[C@@]21C. The molecule has 3 aliphatic carbocycles. The lowest BCUT2D eigenvalue weighted by molar-refractivity contribution is -0.237. The summed E-state index contributed by atoms with van der Waals surface area (Å²) in [5, 5.41) is 38.9.